The minimum absolute atomic E-state index is 0.0346. The number of hydrogen-bond acceptors (Lipinski definition) is 2. The van der Waals surface area contributed by atoms with Gasteiger partial charge in [0, 0.05) is 17.1 Å². The van der Waals surface area contributed by atoms with Gasteiger partial charge in [0.05, 0.1) is 5.02 Å². The van der Waals surface area contributed by atoms with Crippen LogP contribution in [0.1, 0.15) is 17.0 Å². The van der Waals surface area contributed by atoms with E-state index in [0.717, 1.165) is 22.6 Å². The molecular formula is C16H11ClFN3. The molecule has 1 aromatic carbocycles. The van der Waals surface area contributed by atoms with Gasteiger partial charge in [-0.25, -0.2) is 4.39 Å². The van der Waals surface area contributed by atoms with Crippen LogP contribution in [0.15, 0.2) is 29.8 Å². The zero-order chi connectivity index (χ0) is 15.6. The first-order valence-corrected chi connectivity index (χ1v) is 6.52. The maximum Gasteiger partial charge on any atom is 0.141 e. The Bertz CT molecular complexity index is 803. The van der Waals surface area contributed by atoms with Crippen molar-refractivity contribution in [2.45, 2.75) is 13.8 Å². The number of aryl methyl sites for hydroxylation is 1. The van der Waals surface area contributed by atoms with Crippen molar-refractivity contribution >= 4 is 17.7 Å². The zero-order valence-corrected chi connectivity index (χ0v) is 12.2. The van der Waals surface area contributed by atoms with Gasteiger partial charge in [-0.3, -0.25) is 0 Å². The van der Waals surface area contributed by atoms with Crippen LogP contribution >= 0.6 is 11.6 Å². The number of hydrogen-bond donors (Lipinski definition) is 0. The van der Waals surface area contributed by atoms with Crippen LogP contribution in [0.5, 0.6) is 0 Å². The lowest BCUT2D eigenvalue weighted by molar-refractivity contribution is 0.627. The lowest BCUT2D eigenvalue weighted by atomic mass is 10.1. The van der Waals surface area contributed by atoms with E-state index in [1.807, 2.05) is 36.6 Å². The molecule has 1 aromatic heterocycles. The lowest BCUT2D eigenvalue weighted by Gasteiger charge is -2.10. The second-order valence-corrected chi connectivity index (χ2v) is 4.95. The van der Waals surface area contributed by atoms with Crippen molar-refractivity contribution in [2.24, 2.45) is 0 Å². The van der Waals surface area contributed by atoms with Crippen molar-refractivity contribution in [3.05, 3.63) is 57.6 Å². The summed E-state index contributed by atoms with van der Waals surface area (Å²) in [6.45, 7) is 3.75. The summed E-state index contributed by atoms with van der Waals surface area (Å²) in [5.74, 6) is -0.473. The number of aromatic nitrogens is 1. The Morgan fingerprint density at radius 3 is 2.48 bits per heavy atom. The molecule has 0 fully saturated rings. The maximum absolute atomic E-state index is 13.3. The molecule has 1 heterocycles. The van der Waals surface area contributed by atoms with Gasteiger partial charge in [0.15, 0.2) is 0 Å². The molecule has 5 heteroatoms. The third-order valence-corrected chi connectivity index (χ3v) is 3.46. The number of nitriles is 2. The van der Waals surface area contributed by atoms with Gasteiger partial charge in [-0.15, -0.1) is 0 Å². The minimum atomic E-state index is -0.473. The quantitative estimate of drug-likeness (QED) is 0.776. The molecule has 0 unspecified atom stereocenters. The third kappa shape index (κ3) is 2.81. The predicted octanol–water partition coefficient (Wildman–Crippen LogP) is 4.32. The van der Waals surface area contributed by atoms with Crippen LogP contribution in [0.2, 0.25) is 5.02 Å². The molecule has 0 N–H and O–H groups in total. The second kappa shape index (κ2) is 5.83. The lowest BCUT2D eigenvalue weighted by Crippen LogP contribution is -1.99. The fourth-order valence-corrected chi connectivity index (χ4v) is 2.38. The summed E-state index contributed by atoms with van der Waals surface area (Å²) in [5, 5.41) is 17.7. The van der Waals surface area contributed by atoms with Gasteiger partial charge < -0.3 is 4.57 Å². The molecular weight excluding hydrogens is 289 g/mol. The molecule has 0 aliphatic heterocycles. The Balaban J connectivity index is 2.60. The van der Waals surface area contributed by atoms with Crippen LogP contribution in [0.4, 0.5) is 4.39 Å². The van der Waals surface area contributed by atoms with Crippen molar-refractivity contribution in [1.82, 2.24) is 4.57 Å². The van der Waals surface area contributed by atoms with E-state index in [1.165, 1.54) is 12.1 Å². The van der Waals surface area contributed by atoms with Gasteiger partial charge in [-0.1, -0.05) is 11.6 Å². The monoisotopic (exact) mass is 299 g/mol. The van der Waals surface area contributed by atoms with E-state index in [0.29, 0.717) is 0 Å². The van der Waals surface area contributed by atoms with Gasteiger partial charge in [-0.2, -0.15) is 10.5 Å². The first kappa shape index (κ1) is 14.8. The number of halogens is 2. The van der Waals surface area contributed by atoms with E-state index in [9.17, 15) is 4.39 Å². The average Bonchev–Trinajstić information content (AvgIpc) is 2.74. The molecule has 2 rings (SSSR count). The molecule has 3 nitrogen and oxygen atoms in total. The third-order valence-electron chi connectivity index (χ3n) is 3.17. The Morgan fingerprint density at radius 2 is 1.90 bits per heavy atom. The smallest absolute Gasteiger partial charge is 0.141 e. The molecule has 0 saturated heterocycles. The highest BCUT2D eigenvalue weighted by Gasteiger charge is 2.11. The van der Waals surface area contributed by atoms with Crippen molar-refractivity contribution in [3.8, 4) is 17.8 Å². The number of benzene rings is 1. The zero-order valence-electron chi connectivity index (χ0n) is 11.5. The highest BCUT2D eigenvalue weighted by atomic mass is 35.5. The number of allylic oxidation sites excluding steroid dienone is 1. The predicted molar refractivity (Wildman–Crippen MR) is 79.4 cm³/mol. The topological polar surface area (TPSA) is 52.5 Å². The Morgan fingerprint density at radius 1 is 1.24 bits per heavy atom. The van der Waals surface area contributed by atoms with Crippen LogP contribution in [0.3, 0.4) is 0 Å². The van der Waals surface area contributed by atoms with E-state index in [1.54, 1.807) is 12.1 Å². The molecule has 2 aromatic rings. The van der Waals surface area contributed by atoms with E-state index in [2.05, 4.69) is 0 Å². The van der Waals surface area contributed by atoms with Crippen LogP contribution in [-0.4, -0.2) is 4.57 Å². The maximum atomic E-state index is 13.3. The summed E-state index contributed by atoms with van der Waals surface area (Å²) in [5.41, 5.74) is 3.28. The first-order valence-electron chi connectivity index (χ1n) is 6.14. The average molecular weight is 300 g/mol. The summed E-state index contributed by atoms with van der Waals surface area (Å²) in [4.78, 5) is 0. The summed E-state index contributed by atoms with van der Waals surface area (Å²) in [7, 11) is 0. The SMILES string of the molecule is Cc1cc(C=C(C#N)C#N)c(C)n1-c1ccc(F)c(Cl)c1. The van der Waals surface area contributed by atoms with Gasteiger partial charge in [0.1, 0.15) is 23.5 Å². The molecule has 0 radical (unpaired) electrons. The molecule has 0 aliphatic carbocycles. The Labute approximate surface area is 127 Å². The van der Waals surface area contributed by atoms with Gasteiger partial charge in [0.2, 0.25) is 0 Å². The van der Waals surface area contributed by atoms with Crippen LogP contribution in [0.25, 0.3) is 11.8 Å². The fourth-order valence-electron chi connectivity index (χ4n) is 2.20. The van der Waals surface area contributed by atoms with Gasteiger partial charge in [0.25, 0.3) is 0 Å². The van der Waals surface area contributed by atoms with Crippen molar-refractivity contribution < 1.29 is 4.39 Å². The van der Waals surface area contributed by atoms with E-state index < -0.39 is 5.82 Å². The van der Waals surface area contributed by atoms with Crippen LogP contribution in [0, 0.1) is 42.3 Å². The molecule has 0 spiro atoms. The summed E-state index contributed by atoms with van der Waals surface area (Å²) < 4.78 is 15.2. The second-order valence-electron chi connectivity index (χ2n) is 4.54. The normalized spacial score (nSPS) is 9.81. The minimum Gasteiger partial charge on any atom is -0.318 e. The summed E-state index contributed by atoms with van der Waals surface area (Å²) in [6.07, 6.45) is 1.53. The molecule has 104 valence electrons. The van der Waals surface area contributed by atoms with Crippen molar-refractivity contribution in [1.29, 1.82) is 10.5 Å². The van der Waals surface area contributed by atoms with Gasteiger partial charge in [-0.05, 0) is 49.8 Å². The van der Waals surface area contributed by atoms with Crippen LogP contribution in [-0.2, 0) is 0 Å². The van der Waals surface area contributed by atoms with Gasteiger partial charge >= 0.3 is 0 Å². The summed E-state index contributed by atoms with van der Waals surface area (Å²) >= 11 is 5.82. The highest BCUT2D eigenvalue weighted by molar-refractivity contribution is 6.30. The molecule has 0 bridgehead atoms. The van der Waals surface area contributed by atoms with Crippen LogP contribution < -0.4 is 0 Å². The van der Waals surface area contributed by atoms with E-state index >= 15 is 0 Å². The highest BCUT2D eigenvalue weighted by Crippen LogP contribution is 2.25. The summed E-state index contributed by atoms with van der Waals surface area (Å²) in [6, 6.07) is 10.0. The molecule has 0 amide bonds. The largest absolute Gasteiger partial charge is 0.318 e. The molecule has 0 atom stereocenters. The Kier molecular flexibility index (Phi) is 4.12. The number of nitrogens with zero attached hydrogens (tertiary/aromatic N) is 3. The fraction of sp³-hybridized carbons (Fsp3) is 0.125. The number of rotatable bonds is 2. The first-order chi connectivity index (χ1) is 9.97. The standard InChI is InChI=1S/C16H11ClFN3/c1-10-5-13(6-12(8-19)9-20)11(2)21(10)14-3-4-16(18)15(17)7-14/h3-7H,1-2H3. The molecule has 0 aliphatic rings. The molecule has 21 heavy (non-hydrogen) atoms. The van der Waals surface area contributed by atoms with E-state index in [4.69, 9.17) is 22.1 Å². The van der Waals surface area contributed by atoms with Crippen molar-refractivity contribution in [2.75, 3.05) is 0 Å². The molecule has 0 saturated carbocycles. The Hall–Kier alpha value is -2.56. The van der Waals surface area contributed by atoms with E-state index in [-0.39, 0.29) is 10.6 Å². The van der Waals surface area contributed by atoms with Crippen molar-refractivity contribution in [3.63, 3.8) is 0 Å².